The topological polar surface area (TPSA) is 32.8 Å². The smallest absolute Gasteiger partial charge is 0.133 e. The fourth-order valence-corrected chi connectivity index (χ4v) is 2.55. The van der Waals surface area contributed by atoms with Crippen molar-refractivity contribution in [2.75, 3.05) is 45.2 Å². The maximum absolute atomic E-state index is 10.7. The highest BCUT2D eigenvalue weighted by atomic mass is 16.5. The molecule has 0 fully saturated rings. The molecule has 0 heterocycles. The van der Waals surface area contributed by atoms with Gasteiger partial charge in [0.1, 0.15) is 12.0 Å². The highest BCUT2D eigenvalue weighted by molar-refractivity contribution is 5.54. The van der Waals surface area contributed by atoms with E-state index >= 15 is 0 Å². The first-order valence-corrected chi connectivity index (χ1v) is 8.08. The van der Waals surface area contributed by atoms with Crippen molar-refractivity contribution in [1.82, 2.24) is 4.90 Å². The van der Waals surface area contributed by atoms with Gasteiger partial charge in [0.05, 0.1) is 13.7 Å². The quantitative estimate of drug-likeness (QED) is 0.622. The van der Waals surface area contributed by atoms with Gasteiger partial charge in [0.15, 0.2) is 0 Å². The van der Waals surface area contributed by atoms with E-state index in [1.807, 2.05) is 0 Å². The summed E-state index contributed by atoms with van der Waals surface area (Å²) in [5, 5.41) is 0. The summed E-state index contributed by atoms with van der Waals surface area (Å²) in [6, 6.07) is 6.38. The molecule has 0 unspecified atom stereocenters. The molecule has 0 aliphatic rings. The normalized spacial score (nSPS) is 11.0. The lowest BCUT2D eigenvalue weighted by Crippen LogP contribution is -2.35. The molecule has 1 aromatic rings. The average Bonchev–Trinajstić information content (AvgIpc) is 2.51. The number of anilines is 1. The number of ether oxygens (including phenoxy) is 1. The van der Waals surface area contributed by atoms with E-state index in [0.717, 1.165) is 43.8 Å². The Kier molecular flexibility index (Phi) is 7.96. The Morgan fingerprint density at radius 1 is 1.23 bits per heavy atom. The molecule has 4 heteroatoms. The van der Waals surface area contributed by atoms with Crippen LogP contribution in [0.2, 0.25) is 0 Å². The van der Waals surface area contributed by atoms with E-state index in [4.69, 9.17) is 4.74 Å². The molecule has 0 aromatic heterocycles. The Morgan fingerprint density at radius 2 is 1.95 bits per heavy atom. The van der Waals surface area contributed by atoms with Gasteiger partial charge in [-0.15, -0.1) is 0 Å². The molecule has 22 heavy (non-hydrogen) atoms. The van der Waals surface area contributed by atoms with Gasteiger partial charge in [-0.2, -0.15) is 0 Å². The molecular formula is C18H30N2O2. The first-order chi connectivity index (χ1) is 10.5. The zero-order valence-electron chi connectivity index (χ0n) is 14.6. The number of rotatable bonds is 10. The van der Waals surface area contributed by atoms with Crippen LogP contribution < -0.4 is 9.64 Å². The lowest BCUT2D eigenvalue weighted by atomic mass is 10.0. The monoisotopic (exact) mass is 306 g/mol. The zero-order chi connectivity index (χ0) is 16.5. The molecule has 0 amide bonds. The van der Waals surface area contributed by atoms with Crippen LogP contribution in [0.4, 0.5) is 5.69 Å². The van der Waals surface area contributed by atoms with Crippen LogP contribution >= 0.6 is 0 Å². The van der Waals surface area contributed by atoms with E-state index in [9.17, 15) is 4.79 Å². The Hall–Kier alpha value is -1.55. The summed E-state index contributed by atoms with van der Waals surface area (Å²) in [7, 11) is 3.80. The van der Waals surface area contributed by atoms with Crippen LogP contribution in [0.3, 0.4) is 0 Å². The number of aldehydes is 1. The number of carbonyl (C=O) groups excluding carboxylic acids is 1. The Bertz CT molecular complexity index is 460. The van der Waals surface area contributed by atoms with Crippen molar-refractivity contribution in [3.8, 4) is 5.75 Å². The highest BCUT2D eigenvalue weighted by Gasteiger charge is 2.11. The second-order valence-corrected chi connectivity index (χ2v) is 5.97. The SMILES string of the molecule is CCCN(CC=O)CCN(C)c1ccc(C(C)C)c(OC)c1. The van der Waals surface area contributed by atoms with Gasteiger partial charge in [0.2, 0.25) is 0 Å². The number of nitrogens with zero attached hydrogens (tertiary/aromatic N) is 2. The minimum atomic E-state index is 0.446. The summed E-state index contributed by atoms with van der Waals surface area (Å²) in [6.45, 7) is 9.72. The third-order valence-corrected chi connectivity index (χ3v) is 3.90. The fraction of sp³-hybridized carbons (Fsp3) is 0.611. The summed E-state index contributed by atoms with van der Waals surface area (Å²) in [6.07, 6.45) is 2.05. The predicted molar refractivity (Wildman–Crippen MR) is 93.1 cm³/mol. The lowest BCUT2D eigenvalue weighted by molar-refractivity contribution is -0.108. The molecule has 0 spiro atoms. The van der Waals surface area contributed by atoms with Crippen LogP contribution in [0.25, 0.3) is 0 Å². The summed E-state index contributed by atoms with van der Waals surface area (Å²) in [4.78, 5) is 15.1. The van der Waals surface area contributed by atoms with Gasteiger partial charge in [-0.1, -0.05) is 26.8 Å². The van der Waals surface area contributed by atoms with E-state index in [1.165, 1.54) is 5.56 Å². The minimum Gasteiger partial charge on any atom is -0.496 e. The maximum atomic E-state index is 10.7. The van der Waals surface area contributed by atoms with Crippen LogP contribution in [0.1, 0.15) is 38.7 Å². The Labute approximate surface area is 135 Å². The Morgan fingerprint density at radius 3 is 2.50 bits per heavy atom. The van der Waals surface area contributed by atoms with Crippen molar-refractivity contribution in [2.24, 2.45) is 0 Å². The van der Waals surface area contributed by atoms with Gasteiger partial charge < -0.3 is 14.4 Å². The van der Waals surface area contributed by atoms with Gasteiger partial charge in [-0.05, 0) is 30.5 Å². The first kappa shape index (κ1) is 18.5. The highest BCUT2D eigenvalue weighted by Crippen LogP contribution is 2.30. The molecule has 124 valence electrons. The largest absolute Gasteiger partial charge is 0.496 e. The van der Waals surface area contributed by atoms with Gasteiger partial charge in [0.25, 0.3) is 0 Å². The molecule has 0 bridgehead atoms. The van der Waals surface area contributed by atoms with Crippen LogP contribution in [-0.4, -0.2) is 51.5 Å². The third kappa shape index (κ3) is 5.34. The standard InChI is InChI=1S/C18H30N2O2/c1-6-9-20(12-13-21)11-10-19(4)16-7-8-17(15(2)3)18(14-16)22-5/h7-8,13-15H,6,9-12H2,1-5H3. The summed E-state index contributed by atoms with van der Waals surface area (Å²) in [5.74, 6) is 1.39. The summed E-state index contributed by atoms with van der Waals surface area (Å²) >= 11 is 0. The van der Waals surface area contributed by atoms with Crippen molar-refractivity contribution in [3.63, 3.8) is 0 Å². The van der Waals surface area contributed by atoms with Crippen LogP contribution in [0.15, 0.2) is 18.2 Å². The number of benzene rings is 1. The molecule has 0 N–H and O–H groups in total. The maximum Gasteiger partial charge on any atom is 0.133 e. The van der Waals surface area contributed by atoms with Crippen LogP contribution in [-0.2, 0) is 4.79 Å². The molecule has 0 atom stereocenters. The van der Waals surface area contributed by atoms with E-state index in [-0.39, 0.29) is 0 Å². The van der Waals surface area contributed by atoms with E-state index in [0.29, 0.717) is 12.5 Å². The average molecular weight is 306 g/mol. The minimum absolute atomic E-state index is 0.446. The molecule has 4 nitrogen and oxygen atoms in total. The van der Waals surface area contributed by atoms with E-state index < -0.39 is 0 Å². The molecule has 0 aliphatic heterocycles. The van der Waals surface area contributed by atoms with E-state index in [2.05, 4.69) is 55.8 Å². The van der Waals surface area contributed by atoms with Gasteiger partial charge in [-0.25, -0.2) is 0 Å². The number of carbonyl (C=O) groups is 1. The summed E-state index contributed by atoms with van der Waals surface area (Å²) in [5.41, 5.74) is 2.37. The first-order valence-electron chi connectivity index (χ1n) is 8.08. The van der Waals surface area contributed by atoms with Crippen LogP contribution in [0, 0.1) is 0 Å². The molecule has 0 saturated carbocycles. The number of hydrogen-bond acceptors (Lipinski definition) is 4. The van der Waals surface area contributed by atoms with Crippen molar-refractivity contribution in [2.45, 2.75) is 33.1 Å². The van der Waals surface area contributed by atoms with Gasteiger partial charge >= 0.3 is 0 Å². The number of methoxy groups -OCH3 is 1. The zero-order valence-corrected chi connectivity index (χ0v) is 14.6. The van der Waals surface area contributed by atoms with Crippen molar-refractivity contribution >= 4 is 12.0 Å². The lowest BCUT2D eigenvalue weighted by Gasteiger charge is -2.25. The fourth-order valence-electron chi connectivity index (χ4n) is 2.55. The van der Waals surface area contributed by atoms with Crippen molar-refractivity contribution < 1.29 is 9.53 Å². The van der Waals surface area contributed by atoms with Gasteiger partial charge in [0, 0.05) is 31.9 Å². The third-order valence-electron chi connectivity index (χ3n) is 3.90. The number of hydrogen-bond donors (Lipinski definition) is 0. The predicted octanol–water partition coefficient (Wildman–Crippen LogP) is 3.17. The van der Waals surface area contributed by atoms with Crippen molar-refractivity contribution in [1.29, 1.82) is 0 Å². The Balaban J connectivity index is 2.72. The summed E-state index contributed by atoms with van der Waals surface area (Å²) < 4.78 is 5.52. The molecule has 0 saturated heterocycles. The molecule has 0 radical (unpaired) electrons. The second kappa shape index (κ2) is 9.46. The van der Waals surface area contributed by atoms with E-state index in [1.54, 1.807) is 7.11 Å². The van der Waals surface area contributed by atoms with Gasteiger partial charge in [-0.3, -0.25) is 4.90 Å². The molecule has 0 aliphatic carbocycles. The molecule has 1 rings (SSSR count). The van der Waals surface area contributed by atoms with Crippen molar-refractivity contribution in [3.05, 3.63) is 23.8 Å². The number of likely N-dealkylation sites (N-methyl/N-ethyl adjacent to an activating group) is 1. The molecule has 1 aromatic carbocycles. The van der Waals surface area contributed by atoms with Crippen LogP contribution in [0.5, 0.6) is 5.75 Å². The second-order valence-electron chi connectivity index (χ2n) is 5.97. The molecular weight excluding hydrogens is 276 g/mol.